The first-order valence-electron chi connectivity index (χ1n) is 5.49. The van der Waals surface area contributed by atoms with E-state index >= 15 is 0 Å². The quantitative estimate of drug-likeness (QED) is 0.483. The first-order chi connectivity index (χ1) is 6.77. The molecular formula is C12H19NO. The second-order valence-corrected chi connectivity index (χ2v) is 4.01. The van der Waals surface area contributed by atoms with Gasteiger partial charge in [-0.05, 0) is 18.8 Å². The van der Waals surface area contributed by atoms with Crippen molar-refractivity contribution in [2.75, 3.05) is 13.1 Å². The molecular weight excluding hydrogens is 174 g/mol. The first kappa shape index (κ1) is 11.1. The maximum atomic E-state index is 11.5. The molecule has 78 valence electrons. The van der Waals surface area contributed by atoms with Crippen molar-refractivity contribution in [2.24, 2.45) is 5.92 Å². The molecule has 2 heteroatoms. The molecule has 0 N–H and O–H groups in total. The normalized spacial score (nSPS) is 21.3. The highest BCUT2D eigenvalue weighted by Crippen LogP contribution is 2.22. The van der Waals surface area contributed by atoms with Gasteiger partial charge in [-0.3, -0.25) is 4.79 Å². The predicted molar refractivity (Wildman–Crippen MR) is 57.7 cm³/mol. The highest BCUT2D eigenvalue weighted by molar-refractivity contribution is 5.78. The van der Waals surface area contributed by atoms with Gasteiger partial charge in [-0.1, -0.05) is 13.3 Å². The number of rotatable bonds is 5. The summed E-state index contributed by atoms with van der Waals surface area (Å²) >= 11 is 0. The molecule has 0 bridgehead atoms. The summed E-state index contributed by atoms with van der Waals surface area (Å²) < 4.78 is 0. The number of carbonyl (C=O) groups excluding carboxylic acids is 1. The number of amides is 1. The molecule has 0 spiro atoms. The van der Waals surface area contributed by atoms with E-state index in [9.17, 15) is 4.79 Å². The Kier molecular flexibility index (Phi) is 4.52. The van der Waals surface area contributed by atoms with Crippen LogP contribution in [0.1, 0.15) is 39.0 Å². The van der Waals surface area contributed by atoms with Crippen molar-refractivity contribution in [2.45, 2.75) is 39.0 Å². The molecule has 1 rings (SSSR count). The Bertz CT molecular complexity index is 229. The Morgan fingerprint density at radius 3 is 3.07 bits per heavy atom. The molecule has 1 fully saturated rings. The van der Waals surface area contributed by atoms with Gasteiger partial charge >= 0.3 is 0 Å². The summed E-state index contributed by atoms with van der Waals surface area (Å²) in [6, 6.07) is 0. The third kappa shape index (κ3) is 3.06. The van der Waals surface area contributed by atoms with Crippen LogP contribution in [0.3, 0.4) is 0 Å². The van der Waals surface area contributed by atoms with Crippen molar-refractivity contribution in [1.82, 2.24) is 4.90 Å². The van der Waals surface area contributed by atoms with Crippen LogP contribution >= 0.6 is 0 Å². The monoisotopic (exact) mass is 193 g/mol. The fourth-order valence-corrected chi connectivity index (χ4v) is 2.04. The smallest absolute Gasteiger partial charge is 0.222 e. The zero-order chi connectivity index (χ0) is 10.4. The molecule has 0 aromatic rings. The van der Waals surface area contributed by atoms with Crippen LogP contribution in [0.25, 0.3) is 0 Å². The number of nitrogens with zero attached hydrogens (tertiary/aromatic N) is 1. The molecule has 1 amide bonds. The lowest BCUT2D eigenvalue weighted by molar-refractivity contribution is -0.127. The molecule has 0 aromatic heterocycles. The largest absolute Gasteiger partial charge is 0.342 e. The van der Waals surface area contributed by atoms with Crippen LogP contribution in [0.4, 0.5) is 0 Å². The van der Waals surface area contributed by atoms with Crippen LogP contribution in [0, 0.1) is 18.3 Å². The molecule has 1 atom stereocenters. The minimum absolute atomic E-state index is 0.320. The Hall–Kier alpha value is -0.970. The Morgan fingerprint density at radius 1 is 1.64 bits per heavy atom. The van der Waals surface area contributed by atoms with Crippen molar-refractivity contribution in [1.29, 1.82) is 0 Å². The van der Waals surface area contributed by atoms with Crippen LogP contribution < -0.4 is 0 Å². The zero-order valence-electron chi connectivity index (χ0n) is 8.96. The molecule has 0 saturated carbocycles. The third-order valence-corrected chi connectivity index (χ3v) is 2.74. The van der Waals surface area contributed by atoms with Gasteiger partial charge in [-0.25, -0.2) is 0 Å². The second-order valence-electron chi connectivity index (χ2n) is 4.01. The Morgan fingerprint density at radius 2 is 2.43 bits per heavy atom. The first-order valence-corrected chi connectivity index (χ1v) is 5.49. The SMILES string of the molecule is C#CCCCN1CC(CCC)CC1=O. The van der Waals surface area contributed by atoms with E-state index in [4.69, 9.17) is 6.42 Å². The molecule has 0 radical (unpaired) electrons. The van der Waals surface area contributed by atoms with Crippen molar-refractivity contribution < 1.29 is 4.79 Å². The summed E-state index contributed by atoms with van der Waals surface area (Å²) in [4.78, 5) is 13.5. The minimum atomic E-state index is 0.320. The summed E-state index contributed by atoms with van der Waals surface area (Å²) in [5.74, 6) is 3.52. The summed E-state index contributed by atoms with van der Waals surface area (Å²) in [6.07, 6.45) is 10.0. The van der Waals surface area contributed by atoms with Crippen LogP contribution in [0.2, 0.25) is 0 Å². The van der Waals surface area contributed by atoms with E-state index in [1.54, 1.807) is 0 Å². The van der Waals surface area contributed by atoms with Gasteiger partial charge in [0, 0.05) is 25.9 Å². The van der Waals surface area contributed by atoms with Crippen molar-refractivity contribution in [3.05, 3.63) is 0 Å². The molecule has 14 heavy (non-hydrogen) atoms. The van der Waals surface area contributed by atoms with E-state index in [0.717, 1.165) is 32.4 Å². The number of carbonyl (C=O) groups is 1. The average molecular weight is 193 g/mol. The van der Waals surface area contributed by atoms with Gasteiger partial charge in [-0.2, -0.15) is 0 Å². The van der Waals surface area contributed by atoms with E-state index in [1.807, 2.05) is 4.90 Å². The molecule has 1 heterocycles. The van der Waals surface area contributed by atoms with Crippen LogP contribution in [-0.2, 0) is 4.79 Å². The lowest BCUT2D eigenvalue weighted by Crippen LogP contribution is -2.26. The van der Waals surface area contributed by atoms with E-state index in [0.29, 0.717) is 11.8 Å². The summed E-state index contributed by atoms with van der Waals surface area (Å²) in [6.45, 7) is 3.98. The van der Waals surface area contributed by atoms with Gasteiger partial charge in [0.15, 0.2) is 0 Å². The molecule has 0 aliphatic carbocycles. The average Bonchev–Trinajstić information content (AvgIpc) is 2.48. The van der Waals surface area contributed by atoms with Crippen molar-refractivity contribution in [3.63, 3.8) is 0 Å². The fourth-order valence-electron chi connectivity index (χ4n) is 2.04. The summed E-state index contributed by atoms with van der Waals surface area (Å²) in [5.41, 5.74) is 0. The number of unbranched alkanes of at least 4 members (excludes halogenated alkanes) is 1. The Labute approximate surface area is 86.7 Å². The summed E-state index contributed by atoms with van der Waals surface area (Å²) in [7, 11) is 0. The maximum Gasteiger partial charge on any atom is 0.222 e. The second kappa shape index (κ2) is 5.70. The van der Waals surface area contributed by atoms with Gasteiger partial charge in [0.1, 0.15) is 0 Å². The van der Waals surface area contributed by atoms with Gasteiger partial charge in [-0.15, -0.1) is 12.3 Å². The van der Waals surface area contributed by atoms with E-state index in [-0.39, 0.29) is 0 Å². The van der Waals surface area contributed by atoms with Crippen LogP contribution in [0.5, 0.6) is 0 Å². The highest BCUT2D eigenvalue weighted by Gasteiger charge is 2.27. The van der Waals surface area contributed by atoms with Crippen molar-refractivity contribution in [3.8, 4) is 12.3 Å². The lowest BCUT2D eigenvalue weighted by atomic mass is 10.0. The lowest BCUT2D eigenvalue weighted by Gasteiger charge is -2.15. The third-order valence-electron chi connectivity index (χ3n) is 2.74. The molecule has 1 unspecified atom stereocenters. The molecule has 1 saturated heterocycles. The van der Waals surface area contributed by atoms with E-state index in [2.05, 4.69) is 12.8 Å². The molecule has 1 aliphatic heterocycles. The van der Waals surface area contributed by atoms with Gasteiger partial charge in [0.2, 0.25) is 5.91 Å². The molecule has 2 nitrogen and oxygen atoms in total. The molecule has 0 aromatic carbocycles. The minimum Gasteiger partial charge on any atom is -0.342 e. The predicted octanol–water partition coefficient (Wildman–Crippen LogP) is 2.05. The van der Waals surface area contributed by atoms with Gasteiger partial charge in [0.25, 0.3) is 0 Å². The van der Waals surface area contributed by atoms with Gasteiger partial charge < -0.3 is 4.90 Å². The van der Waals surface area contributed by atoms with E-state index in [1.165, 1.54) is 12.8 Å². The van der Waals surface area contributed by atoms with Crippen LogP contribution in [-0.4, -0.2) is 23.9 Å². The molecule has 1 aliphatic rings. The highest BCUT2D eigenvalue weighted by atomic mass is 16.2. The topological polar surface area (TPSA) is 20.3 Å². The number of hydrogen-bond acceptors (Lipinski definition) is 1. The fraction of sp³-hybridized carbons (Fsp3) is 0.750. The summed E-state index contributed by atoms with van der Waals surface area (Å²) in [5, 5.41) is 0. The standard InChI is InChI=1S/C12H19NO/c1-3-5-6-8-13-10-11(7-4-2)9-12(13)14/h1,11H,4-10H2,2H3. The Balaban J connectivity index is 2.26. The van der Waals surface area contributed by atoms with Crippen LogP contribution in [0.15, 0.2) is 0 Å². The zero-order valence-corrected chi connectivity index (χ0v) is 8.96. The van der Waals surface area contributed by atoms with Crippen molar-refractivity contribution >= 4 is 5.91 Å². The van der Waals surface area contributed by atoms with Gasteiger partial charge in [0.05, 0.1) is 0 Å². The number of hydrogen-bond donors (Lipinski definition) is 0. The maximum absolute atomic E-state index is 11.5. The number of likely N-dealkylation sites (tertiary alicyclic amines) is 1. The van der Waals surface area contributed by atoms with E-state index < -0.39 is 0 Å². The number of terminal acetylenes is 1.